The third-order valence-corrected chi connectivity index (χ3v) is 9.69. The number of rotatable bonds is 7. The Hall–Kier alpha value is -5.27. The first-order valence-electron chi connectivity index (χ1n) is 14.3. The second-order valence-corrected chi connectivity index (χ2v) is 14.7. The molecule has 0 unspecified atom stereocenters. The summed E-state index contributed by atoms with van der Waals surface area (Å²) >= 11 is 0. The zero-order chi connectivity index (χ0) is 34.6. The second-order valence-electron chi connectivity index (χ2n) is 10.7. The molecule has 0 radical (unpaired) electrons. The first-order valence-corrected chi connectivity index (χ1v) is 18.1. The molecular weight excluding hydrogens is 659 g/mol. The minimum Gasteiger partial charge on any atom is -0.325 e. The monoisotopic (exact) mass is 686 g/mol. The molecule has 0 aliphatic carbocycles. The van der Waals surface area contributed by atoms with Crippen LogP contribution in [0.2, 0.25) is 0 Å². The van der Waals surface area contributed by atoms with Gasteiger partial charge in [-0.1, -0.05) is 65.8 Å². The molecule has 244 valence electrons. The average Bonchev–Trinajstić information content (AvgIpc) is 3.06. The summed E-state index contributed by atoms with van der Waals surface area (Å²) in [6, 6.07) is 25.7. The molecule has 6 rings (SSSR count). The zero-order valence-electron chi connectivity index (χ0n) is 25.7. The van der Waals surface area contributed by atoms with E-state index in [9.17, 15) is 25.6 Å². The molecule has 2 heterocycles. The van der Waals surface area contributed by atoms with Crippen LogP contribution in [0.4, 0.5) is 8.78 Å². The molecule has 0 spiro atoms. The summed E-state index contributed by atoms with van der Waals surface area (Å²) in [5.74, 6) is -0.928. The summed E-state index contributed by atoms with van der Waals surface area (Å²) in [6.45, 7) is -0.0358. The van der Waals surface area contributed by atoms with Crippen LogP contribution in [-0.2, 0) is 32.8 Å². The zero-order valence-corrected chi connectivity index (χ0v) is 27.3. The highest BCUT2D eigenvalue weighted by Gasteiger charge is 2.20. The van der Waals surface area contributed by atoms with Gasteiger partial charge in [0.25, 0.3) is 0 Å². The molecule has 48 heavy (non-hydrogen) atoms. The second kappa shape index (κ2) is 13.8. The Balaban J connectivity index is 0.000000188. The lowest BCUT2D eigenvalue weighted by atomic mass is 10.0. The van der Waals surface area contributed by atoms with E-state index in [0.717, 1.165) is 12.5 Å². The van der Waals surface area contributed by atoms with Gasteiger partial charge in [0.05, 0.1) is 27.7 Å². The lowest BCUT2D eigenvalue weighted by molar-refractivity contribution is 0.600. The van der Waals surface area contributed by atoms with Crippen molar-refractivity contribution in [3.05, 3.63) is 131 Å². The molecule has 0 aliphatic heterocycles. The van der Waals surface area contributed by atoms with E-state index in [0.29, 0.717) is 44.4 Å². The van der Waals surface area contributed by atoms with Crippen molar-refractivity contribution < 1.29 is 25.6 Å². The van der Waals surface area contributed by atoms with Crippen molar-refractivity contribution in [1.82, 2.24) is 9.97 Å². The van der Waals surface area contributed by atoms with E-state index in [1.54, 1.807) is 78.9 Å². The van der Waals surface area contributed by atoms with Gasteiger partial charge in [0, 0.05) is 57.0 Å². The number of aromatic nitrogens is 2. The standard InChI is InChI=1S/C17H13FN4O2S.C17H15FN2O2S/c1-25(23,24)16-8-3-2-6-12(16)13-9-11-5-4-7-14(18)17(11)21-15(13)10-20-22-19;1-23(21,22)16-8-3-2-6-12(16)13-9-11-5-4-7-14(18)17(11)20-15(13)10-19/h2-9H,10H2,1H3;2-9H,10,19H2,1H3. The predicted octanol–water partition coefficient (Wildman–Crippen LogP) is 7.16. The fraction of sp³-hybridized carbons (Fsp3) is 0.118. The number of pyridine rings is 2. The van der Waals surface area contributed by atoms with E-state index < -0.39 is 31.3 Å². The lowest BCUT2D eigenvalue weighted by Crippen LogP contribution is -2.06. The van der Waals surface area contributed by atoms with Gasteiger partial charge in [0.15, 0.2) is 19.7 Å². The van der Waals surface area contributed by atoms with Crippen molar-refractivity contribution in [2.45, 2.75) is 22.9 Å². The highest BCUT2D eigenvalue weighted by Crippen LogP contribution is 2.34. The van der Waals surface area contributed by atoms with E-state index in [2.05, 4.69) is 20.0 Å². The number of hydrogen-bond acceptors (Lipinski definition) is 8. The normalized spacial score (nSPS) is 11.5. The van der Waals surface area contributed by atoms with E-state index in [-0.39, 0.29) is 33.9 Å². The number of hydrogen-bond donors (Lipinski definition) is 1. The van der Waals surface area contributed by atoms with Gasteiger partial charge in [0.1, 0.15) is 22.7 Å². The van der Waals surface area contributed by atoms with Crippen LogP contribution in [-0.4, -0.2) is 39.3 Å². The van der Waals surface area contributed by atoms with Crippen molar-refractivity contribution in [3.63, 3.8) is 0 Å². The van der Waals surface area contributed by atoms with Gasteiger partial charge in [-0.3, -0.25) is 0 Å². The van der Waals surface area contributed by atoms with Gasteiger partial charge in [-0.25, -0.2) is 35.6 Å². The molecule has 0 bridgehead atoms. The third-order valence-electron chi connectivity index (χ3n) is 7.38. The van der Waals surface area contributed by atoms with Gasteiger partial charge in [-0.2, -0.15) is 0 Å². The number of halogens is 2. The number of para-hydroxylation sites is 2. The van der Waals surface area contributed by atoms with Gasteiger partial charge in [-0.05, 0) is 41.9 Å². The van der Waals surface area contributed by atoms with E-state index in [4.69, 9.17) is 11.3 Å². The molecule has 4 aromatic carbocycles. The van der Waals surface area contributed by atoms with Crippen molar-refractivity contribution in [1.29, 1.82) is 0 Å². The van der Waals surface area contributed by atoms with Crippen LogP contribution in [0.3, 0.4) is 0 Å². The predicted molar refractivity (Wildman–Crippen MR) is 181 cm³/mol. The number of azide groups is 1. The van der Waals surface area contributed by atoms with Gasteiger partial charge in [0.2, 0.25) is 0 Å². The van der Waals surface area contributed by atoms with Crippen LogP contribution in [0.5, 0.6) is 0 Å². The maximum Gasteiger partial charge on any atom is 0.176 e. The Bertz CT molecular complexity index is 2470. The number of nitrogens with zero attached hydrogens (tertiary/aromatic N) is 5. The summed E-state index contributed by atoms with van der Waals surface area (Å²) < 4.78 is 76.2. The van der Waals surface area contributed by atoms with Gasteiger partial charge >= 0.3 is 0 Å². The lowest BCUT2D eigenvalue weighted by Gasteiger charge is -2.13. The van der Waals surface area contributed by atoms with Crippen LogP contribution in [0.1, 0.15) is 11.4 Å². The highest BCUT2D eigenvalue weighted by molar-refractivity contribution is 7.91. The number of nitrogens with two attached hydrogens (primary N) is 1. The molecule has 0 amide bonds. The Kier molecular flexibility index (Phi) is 9.82. The molecule has 0 saturated heterocycles. The Morgan fingerprint density at radius 2 is 1.10 bits per heavy atom. The molecule has 14 heteroatoms. The number of sulfone groups is 2. The molecule has 0 aliphatic rings. The van der Waals surface area contributed by atoms with Crippen molar-refractivity contribution >= 4 is 41.5 Å². The van der Waals surface area contributed by atoms with Crippen LogP contribution < -0.4 is 5.73 Å². The molecule has 0 atom stereocenters. The largest absolute Gasteiger partial charge is 0.325 e. The van der Waals surface area contributed by atoms with E-state index in [1.807, 2.05) is 0 Å². The molecule has 0 fully saturated rings. The Morgan fingerprint density at radius 3 is 1.54 bits per heavy atom. The maximum absolute atomic E-state index is 14.0. The smallest absolute Gasteiger partial charge is 0.176 e. The molecule has 6 aromatic rings. The van der Waals surface area contributed by atoms with Crippen molar-refractivity contribution in [3.8, 4) is 22.3 Å². The first kappa shape index (κ1) is 34.1. The molecule has 2 aromatic heterocycles. The summed E-state index contributed by atoms with van der Waals surface area (Å²) in [5.41, 5.74) is 17.6. The number of benzene rings is 4. The highest BCUT2D eigenvalue weighted by atomic mass is 32.2. The van der Waals surface area contributed by atoms with Crippen LogP contribution >= 0.6 is 0 Å². The maximum atomic E-state index is 14.0. The fourth-order valence-corrected chi connectivity index (χ4v) is 7.07. The molecule has 0 saturated carbocycles. The van der Waals surface area contributed by atoms with Crippen molar-refractivity contribution in [2.24, 2.45) is 10.8 Å². The van der Waals surface area contributed by atoms with Crippen LogP contribution in [0, 0.1) is 11.6 Å². The number of fused-ring (bicyclic) bond motifs is 2. The first-order chi connectivity index (χ1) is 22.8. The van der Waals surface area contributed by atoms with Crippen LogP contribution in [0.25, 0.3) is 54.5 Å². The van der Waals surface area contributed by atoms with Gasteiger partial charge in [-0.15, -0.1) is 0 Å². The van der Waals surface area contributed by atoms with Crippen molar-refractivity contribution in [2.75, 3.05) is 12.5 Å². The summed E-state index contributed by atoms with van der Waals surface area (Å²) in [5, 5.41) is 4.63. The summed E-state index contributed by atoms with van der Waals surface area (Å²) in [6.07, 6.45) is 2.27. The third kappa shape index (κ3) is 7.16. The molecule has 2 N–H and O–H groups in total. The average molecular weight is 687 g/mol. The molecular formula is C34H28F2N6O4S2. The van der Waals surface area contributed by atoms with E-state index in [1.165, 1.54) is 18.2 Å². The van der Waals surface area contributed by atoms with E-state index >= 15 is 0 Å². The van der Waals surface area contributed by atoms with Crippen LogP contribution in [0.15, 0.2) is 112 Å². The Morgan fingerprint density at radius 1 is 0.667 bits per heavy atom. The minimum atomic E-state index is -3.49. The molecule has 10 nitrogen and oxygen atoms in total. The SMILES string of the molecule is CS(=O)(=O)c1ccccc1-c1cc2cccc(F)c2nc1CN.CS(=O)(=O)c1ccccc1-c1cc2cccc(F)c2nc1CN=[N+]=[N-]. The summed E-state index contributed by atoms with van der Waals surface area (Å²) in [4.78, 5) is 11.6. The van der Waals surface area contributed by atoms with Gasteiger partial charge < -0.3 is 5.73 Å². The topological polar surface area (TPSA) is 169 Å². The minimum absolute atomic E-state index is 0.0811. The summed E-state index contributed by atoms with van der Waals surface area (Å²) in [7, 11) is -6.90. The Labute approximate surface area is 275 Å². The quantitative estimate of drug-likeness (QED) is 0.106. The fourth-order valence-electron chi connectivity index (χ4n) is 5.27.